The summed E-state index contributed by atoms with van der Waals surface area (Å²) in [4.78, 5) is 58.2. The molecule has 0 amide bonds. The molecule has 0 fully saturated rings. The van der Waals surface area contributed by atoms with Crippen LogP contribution in [0.15, 0.2) is 83.5 Å². The number of nitrogens with zero attached hydrogens (tertiary/aromatic N) is 4. The van der Waals surface area contributed by atoms with E-state index in [4.69, 9.17) is 14.2 Å². The summed E-state index contributed by atoms with van der Waals surface area (Å²) in [6.07, 6.45) is 6.15. The molecule has 0 spiro atoms. The predicted octanol–water partition coefficient (Wildman–Crippen LogP) is 5.03. The summed E-state index contributed by atoms with van der Waals surface area (Å²) in [5.41, 5.74) is 2.61. The SMILES string of the molecule is CCOC(=O)C1C(C)=NC(C)=C(C(=O)OCCCCOC(=O)c2ccc(Cn3ccnc3)cc2)C1c1cccc([N+](=O)[O-])c1. The quantitative estimate of drug-likeness (QED) is 0.0862. The van der Waals surface area contributed by atoms with Crippen molar-refractivity contribution in [2.75, 3.05) is 19.8 Å². The number of esters is 3. The van der Waals surface area contributed by atoms with Gasteiger partial charge in [-0.05, 0) is 56.9 Å². The van der Waals surface area contributed by atoms with Gasteiger partial charge in [-0.25, -0.2) is 14.6 Å². The van der Waals surface area contributed by atoms with Gasteiger partial charge >= 0.3 is 17.9 Å². The van der Waals surface area contributed by atoms with Crippen molar-refractivity contribution in [2.45, 2.75) is 46.1 Å². The maximum atomic E-state index is 13.4. The minimum Gasteiger partial charge on any atom is -0.465 e. The summed E-state index contributed by atoms with van der Waals surface area (Å²) >= 11 is 0. The number of hydrogen-bond acceptors (Lipinski definition) is 10. The number of ether oxygens (including phenoxy) is 3. The number of allylic oxidation sites excluding steroid dienone is 1. The fourth-order valence-corrected chi connectivity index (χ4v) is 5.06. The molecule has 0 N–H and O–H groups in total. The summed E-state index contributed by atoms with van der Waals surface area (Å²) in [5.74, 6) is -3.55. The number of aromatic nitrogens is 2. The molecule has 0 aliphatic carbocycles. The van der Waals surface area contributed by atoms with Crippen molar-refractivity contribution in [1.29, 1.82) is 0 Å². The van der Waals surface area contributed by atoms with Crippen LogP contribution < -0.4 is 0 Å². The van der Waals surface area contributed by atoms with E-state index in [2.05, 4.69) is 9.98 Å². The van der Waals surface area contributed by atoms with E-state index in [-0.39, 0.29) is 31.1 Å². The van der Waals surface area contributed by atoms with Crippen LogP contribution in [0.3, 0.4) is 0 Å². The Balaban J connectivity index is 1.34. The number of benzene rings is 2. The van der Waals surface area contributed by atoms with Gasteiger partial charge < -0.3 is 18.8 Å². The molecule has 0 radical (unpaired) electrons. The lowest BCUT2D eigenvalue weighted by Crippen LogP contribution is -2.36. The molecular formula is C32H34N4O8. The Hall–Kier alpha value is -5.13. The fraction of sp³-hybridized carbons (Fsp3) is 0.344. The zero-order chi connectivity index (χ0) is 31.6. The van der Waals surface area contributed by atoms with Gasteiger partial charge in [-0.2, -0.15) is 0 Å². The van der Waals surface area contributed by atoms with Crippen LogP contribution in [0.4, 0.5) is 5.69 Å². The van der Waals surface area contributed by atoms with Crippen molar-refractivity contribution in [3.63, 3.8) is 0 Å². The number of unbranched alkanes of at least 4 members (excludes halogenated alkanes) is 1. The summed E-state index contributed by atoms with van der Waals surface area (Å²) in [7, 11) is 0. The number of nitro benzene ring substituents is 1. The maximum Gasteiger partial charge on any atom is 0.338 e. The van der Waals surface area contributed by atoms with Gasteiger partial charge in [0.05, 0.1) is 42.2 Å². The highest BCUT2D eigenvalue weighted by atomic mass is 16.6. The predicted molar refractivity (Wildman–Crippen MR) is 160 cm³/mol. The molecule has 1 aromatic heterocycles. The van der Waals surface area contributed by atoms with Gasteiger partial charge in [0.25, 0.3) is 5.69 Å². The van der Waals surface area contributed by atoms with Gasteiger partial charge in [-0.1, -0.05) is 24.3 Å². The molecule has 2 aromatic carbocycles. The Morgan fingerprint density at radius 2 is 1.68 bits per heavy atom. The summed E-state index contributed by atoms with van der Waals surface area (Å²) < 4.78 is 18.1. The van der Waals surface area contributed by atoms with Gasteiger partial charge in [0.15, 0.2) is 0 Å². The Morgan fingerprint density at radius 3 is 2.32 bits per heavy atom. The first-order chi connectivity index (χ1) is 21.2. The number of aliphatic imine (C=N–C) groups is 1. The van der Waals surface area contributed by atoms with Gasteiger partial charge in [-0.3, -0.25) is 19.9 Å². The molecular weight excluding hydrogens is 568 g/mol. The number of non-ortho nitro benzene ring substituents is 1. The molecule has 1 aliphatic heterocycles. The van der Waals surface area contributed by atoms with Crippen molar-refractivity contribution in [1.82, 2.24) is 9.55 Å². The second kappa shape index (κ2) is 14.9. The molecule has 4 rings (SSSR count). The molecule has 2 unspecified atom stereocenters. The van der Waals surface area contributed by atoms with Gasteiger partial charge in [0, 0.05) is 48.4 Å². The van der Waals surface area contributed by atoms with Crippen LogP contribution in [-0.2, 0) is 30.3 Å². The van der Waals surface area contributed by atoms with Crippen LogP contribution in [0.2, 0.25) is 0 Å². The monoisotopic (exact) mass is 602 g/mol. The number of hydrogen-bond donors (Lipinski definition) is 0. The highest BCUT2D eigenvalue weighted by Gasteiger charge is 2.42. The third-order valence-corrected chi connectivity index (χ3v) is 7.15. The lowest BCUT2D eigenvalue weighted by atomic mass is 9.75. The highest BCUT2D eigenvalue weighted by Crippen LogP contribution is 2.41. The minimum atomic E-state index is -0.956. The summed E-state index contributed by atoms with van der Waals surface area (Å²) in [6, 6.07) is 13.0. The van der Waals surface area contributed by atoms with E-state index in [1.807, 2.05) is 22.9 Å². The standard InChI is InChI=1S/C32H34N4O8/c1-4-42-31(38)27-21(2)34-22(3)28(29(27)25-8-7-9-26(18-25)36(40)41)32(39)44-17-6-5-16-43-30(37)24-12-10-23(11-13-24)19-35-15-14-33-20-35/h7-15,18,20,27,29H,4-6,16-17,19H2,1-3H3. The van der Waals surface area contributed by atoms with Crippen LogP contribution in [0.1, 0.15) is 61.0 Å². The normalized spacial score (nSPS) is 16.2. The third kappa shape index (κ3) is 7.82. The number of carbonyl (C=O) groups excluding carboxylic acids is 3. The molecule has 1 aliphatic rings. The van der Waals surface area contributed by atoms with Crippen molar-refractivity contribution < 1.29 is 33.5 Å². The Kier molecular flexibility index (Phi) is 10.7. The largest absolute Gasteiger partial charge is 0.465 e. The van der Waals surface area contributed by atoms with Crippen molar-refractivity contribution in [2.24, 2.45) is 10.9 Å². The third-order valence-electron chi connectivity index (χ3n) is 7.15. The van der Waals surface area contributed by atoms with Crippen LogP contribution in [0.5, 0.6) is 0 Å². The number of carbonyl (C=O) groups is 3. The van der Waals surface area contributed by atoms with E-state index in [1.54, 1.807) is 51.5 Å². The molecule has 2 heterocycles. The Labute approximate surface area is 254 Å². The van der Waals surface area contributed by atoms with E-state index in [9.17, 15) is 24.5 Å². The highest BCUT2D eigenvalue weighted by molar-refractivity contribution is 6.07. The first-order valence-electron chi connectivity index (χ1n) is 14.3. The fourth-order valence-electron chi connectivity index (χ4n) is 5.06. The Bertz CT molecular complexity index is 1560. The lowest BCUT2D eigenvalue weighted by Gasteiger charge is -2.31. The average Bonchev–Trinajstić information content (AvgIpc) is 3.51. The van der Waals surface area contributed by atoms with Crippen LogP contribution in [-0.4, -0.2) is 57.9 Å². The number of nitro groups is 1. The van der Waals surface area contributed by atoms with Gasteiger partial charge in [0.1, 0.15) is 5.92 Å². The molecule has 12 heteroatoms. The van der Waals surface area contributed by atoms with E-state index >= 15 is 0 Å². The first-order valence-corrected chi connectivity index (χ1v) is 14.3. The van der Waals surface area contributed by atoms with Crippen molar-refractivity contribution >= 4 is 29.3 Å². The van der Waals surface area contributed by atoms with Crippen molar-refractivity contribution in [3.8, 4) is 0 Å². The zero-order valence-corrected chi connectivity index (χ0v) is 24.8. The molecule has 0 saturated carbocycles. The van der Waals surface area contributed by atoms with E-state index in [0.29, 0.717) is 41.9 Å². The molecule has 2 atom stereocenters. The number of rotatable bonds is 13. The van der Waals surface area contributed by atoms with E-state index in [1.165, 1.54) is 18.2 Å². The van der Waals surface area contributed by atoms with Crippen LogP contribution in [0, 0.1) is 16.0 Å². The second-order valence-corrected chi connectivity index (χ2v) is 10.2. The minimum absolute atomic E-state index is 0.0323. The van der Waals surface area contributed by atoms with Crippen LogP contribution >= 0.6 is 0 Å². The molecule has 0 bridgehead atoms. The molecule has 44 heavy (non-hydrogen) atoms. The van der Waals surface area contributed by atoms with Gasteiger partial charge in [0.2, 0.25) is 0 Å². The topological polar surface area (TPSA) is 152 Å². The first kappa shape index (κ1) is 31.8. The van der Waals surface area contributed by atoms with E-state index < -0.39 is 34.7 Å². The lowest BCUT2D eigenvalue weighted by molar-refractivity contribution is -0.384. The van der Waals surface area contributed by atoms with Gasteiger partial charge in [-0.15, -0.1) is 0 Å². The van der Waals surface area contributed by atoms with E-state index in [0.717, 1.165) is 5.56 Å². The Morgan fingerprint density at radius 1 is 0.977 bits per heavy atom. The number of imidazole rings is 1. The molecule has 230 valence electrons. The van der Waals surface area contributed by atoms with Crippen molar-refractivity contribution in [3.05, 3.63) is 105 Å². The summed E-state index contributed by atoms with van der Waals surface area (Å²) in [5, 5.41) is 11.5. The smallest absolute Gasteiger partial charge is 0.338 e. The molecule has 3 aromatic rings. The maximum absolute atomic E-state index is 13.4. The molecule has 12 nitrogen and oxygen atoms in total. The summed E-state index contributed by atoms with van der Waals surface area (Å²) in [6.45, 7) is 5.90. The second-order valence-electron chi connectivity index (χ2n) is 10.2. The molecule has 0 saturated heterocycles. The van der Waals surface area contributed by atoms with Crippen LogP contribution in [0.25, 0.3) is 0 Å². The zero-order valence-electron chi connectivity index (χ0n) is 24.8. The average molecular weight is 603 g/mol.